The van der Waals surface area contributed by atoms with Crippen molar-refractivity contribution in [1.82, 2.24) is 0 Å². The smallest absolute Gasteiger partial charge is 0.416 e. The van der Waals surface area contributed by atoms with E-state index in [1.807, 2.05) is 0 Å². The number of carbonyl (C=O) groups excluding carboxylic acids is 1. The lowest BCUT2D eigenvalue weighted by atomic mass is 10.1. The zero-order valence-electron chi connectivity index (χ0n) is 18.2. The van der Waals surface area contributed by atoms with Gasteiger partial charge in [0.2, 0.25) is 9.84 Å². The molecular formula is C23H18F3NO7S. The van der Waals surface area contributed by atoms with E-state index in [9.17, 15) is 36.3 Å². The third kappa shape index (κ3) is 5.54. The second kappa shape index (κ2) is 9.29. The van der Waals surface area contributed by atoms with E-state index >= 15 is 0 Å². The molecule has 1 amide bonds. The van der Waals surface area contributed by atoms with Gasteiger partial charge in [0, 0.05) is 11.8 Å². The van der Waals surface area contributed by atoms with Crippen LogP contribution in [0.2, 0.25) is 0 Å². The van der Waals surface area contributed by atoms with E-state index in [1.54, 1.807) is 13.8 Å². The Morgan fingerprint density at radius 3 is 2.03 bits per heavy atom. The Balaban J connectivity index is 1.94. The average molecular weight is 509 g/mol. The zero-order valence-corrected chi connectivity index (χ0v) is 19.0. The van der Waals surface area contributed by atoms with Crippen molar-refractivity contribution in [3.63, 3.8) is 0 Å². The molecule has 3 aromatic carbocycles. The van der Waals surface area contributed by atoms with Crippen molar-refractivity contribution < 1.29 is 46.1 Å². The van der Waals surface area contributed by atoms with Crippen molar-refractivity contribution in [3.8, 4) is 17.2 Å². The van der Waals surface area contributed by atoms with Crippen LogP contribution in [0.5, 0.6) is 17.2 Å². The Morgan fingerprint density at radius 2 is 1.51 bits per heavy atom. The molecule has 0 heterocycles. The number of benzene rings is 3. The van der Waals surface area contributed by atoms with Crippen molar-refractivity contribution in [2.24, 2.45) is 0 Å². The molecule has 3 N–H and O–H groups in total. The standard InChI is InChI=1S/C23H18F3NO7S/c1-12-9-15(27-21(29)22(30)31)10-13(2)20(12)34-16-5-8-18(28)19(11-16)35(32,33)17-6-3-14(4-7-17)23(24,25)26/h3-11,28H,1-2H3,(H,27,29)(H,30,31). The molecule has 0 spiro atoms. The number of nitrogens with one attached hydrogen (secondary N) is 1. The van der Waals surface area contributed by atoms with Crippen LogP contribution in [-0.4, -0.2) is 30.5 Å². The van der Waals surface area contributed by atoms with Crippen molar-refractivity contribution in [2.75, 3.05) is 5.32 Å². The van der Waals surface area contributed by atoms with Crippen LogP contribution in [0.25, 0.3) is 0 Å². The number of aromatic hydroxyl groups is 1. The number of alkyl halides is 3. The maximum atomic E-state index is 13.0. The quantitative estimate of drug-likeness (QED) is 0.426. The fraction of sp³-hybridized carbons (Fsp3) is 0.130. The van der Waals surface area contributed by atoms with E-state index in [-0.39, 0.29) is 17.2 Å². The maximum Gasteiger partial charge on any atom is 0.416 e. The SMILES string of the molecule is Cc1cc(NC(=O)C(=O)O)cc(C)c1Oc1ccc(O)c(S(=O)(=O)c2ccc(C(F)(F)F)cc2)c1. The number of halogens is 3. The number of anilines is 1. The first-order valence-electron chi connectivity index (χ1n) is 9.79. The highest BCUT2D eigenvalue weighted by molar-refractivity contribution is 7.91. The minimum absolute atomic E-state index is 0.00167. The third-order valence-electron chi connectivity index (χ3n) is 4.85. The third-order valence-corrected chi connectivity index (χ3v) is 6.64. The van der Waals surface area contributed by atoms with Crippen molar-refractivity contribution in [1.29, 1.82) is 0 Å². The minimum atomic E-state index is -4.64. The predicted octanol–water partition coefficient (Wildman–Crippen LogP) is 4.68. The van der Waals surface area contributed by atoms with Gasteiger partial charge in [0.15, 0.2) is 0 Å². The molecule has 0 fully saturated rings. The van der Waals surface area contributed by atoms with E-state index in [0.29, 0.717) is 23.3 Å². The molecule has 3 rings (SSSR count). The largest absolute Gasteiger partial charge is 0.507 e. The van der Waals surface area contributed by atoms with Gasteiger partial charge in [-0.1, -0.05) is 0 Å². The topological polar surface area (TPSA) is 130 Å². The summed E-state index contributed by atoms with van der Waals surface area (Å²) in [6.07, 6.45) is -4.64. The van der Waals surface area contributed by atoms with E-state index in [0.717, 1.165) is 24.3 Å². The van der Waals surface area contributed by atoms with Crippen LogP contribution in [0.15, 0.2) is 64.4 Å². The van der Waals surface area contributed by atoms with Crippen LogP contribution in [0.4, 0.5) is 18.9 Å². The summed E-state index contributed by atoms with van der Waals surface area (Å²) in [7, 11) is -4.40. The van der Waals surface area contributed by atoms with E-state index in [2.05, 4.69) is 5.32 Å². The molecule has 184 valence electrons. The molecule has 0 aliphatic carbocycles. The molecule has 0 aromatic heterocycles. The molecule has 0 saturated heterocycles. The van der Waals surface area contributed by atoms with Gasteiger partial charge in [-0.15, -0.1) is 0 Å². The molecule has 0 aliphatic heterocycles. The lowest BCUT2D eigenvalue weighted by molar-refractivity contribution is -0.147. The van der Waals surface area contributed by atoms with Crippen LogP contribution in [0.3, 0.4) is 0 Å². The highest BCUT2D eigenvalue weighted by atomic mass is 32.2. The predicted molar refractivity (Wildman–Crippen MR) is 117 cm³/mol. The van der Waals surface area contributed by atoms with Crippen LogP contribution in [-0.2, 0) is 25.6 Å². The number of phenolic OH excluding ortho intramolecular Hbond substituents is 1. The van der Waals surface area contributed by atoms with Crippen molar-refractivity contribution in [3.05, 3.63) is 71.3 Å². The first kappa shape index (κ1) is 25.6. The van der Waals surface area contributed by atoms with Crippen LogP contribution in [0, 0.1) is 13.8 Å². The average Bonchev–Trinajstić information content (AvgIpc) is 2.76. The lowest BCUT2D eigenvalue weighted by Crippen LogP contribution is -2.21. The summed E-state index contributed by atoms with van der Waals surface area (Å²) in [5.74, 6) is -3.23. The monoisotopic (exact) mass is 509 g/mol. The second-order valence-electron chi connectivity index (χ2n) is 7.46. The van der Waals surface area contributed by atoms with Crippen molar-refractivity contribution in [2.45, 2.75) is 29.8 Å². The highest BCUT2D eigenvalue weighted by Crippen LogP contribution is 2.37. The molecular weight excluding hydrogens is 491 g/mol. The summed E-state index contributed by atoms with van der Waals surface area (Å²) >= 11 is 0. The number of amides is 1. The Bertz CT molecular complexity index is 1390. The fourth-order valence-electron chi connectivity index (χ4n) is 3.21. The summed E-state index contributed by atoms with van der Waals surface area (Å²) in [4.78, 5) is 21.1. The van der Waals surface area contributed by atoms with E-state index in [1.165, 1.54) is 18.2 Å². The number of phenols is 1. The lowest BCUT2D eigenvalue weighted by Gasteiger charge is -2.15. The summed E-state index contributed by atoms with van der Waals surface area (Å²) in [6.45, 7) is 3.22. The highest BCUT2D eigenvalue weighted by Gasteiger charge is 2.31. The Kier molecular flexibility index (Phi) is 6.79. The molecule has 0 unspecified atom stereocenters. The van der Waals surface area contributed by atoms with Crippen LogP contribution >= 0.6 is 0 Å². The van der Waals surface area contributed by atoms with Gasteiger partial charge < -0.3 is 20.3 Å². The Hall–Kier alpha value is -4.06. The molecule has 12 heteroatoms. The summed E-state index contributed by atoms with van der Waals surface area (Å²) in [5.41, 5.74) is 0.138. The van der Waals surface area contributed by atoms with E-state index < -0.39 is 49.0 Å². The van der Waals surface area contributed by atoms with Gasteiger partial charge in [-0.2, -0.15) is 13.2 Å². The number of carbonyl (C=O) groups is 2. The number of aryl methyl sites for hydroxylation is 2. The number of hydrogen-bond donors (Lipinski definition) is 3. The van der Waals surface area contributed by atoms with Gasteiger partial charge in [-0.3, -0.25) is 4.79 Å². The number of hydrogen-bond acceptors (Lipinski definition) is 6. The normalized spacial score (nSPS) is 11.7. The van der Waals surface area contributed by atoms with Gasteiger partial charge in [0.05, 0.1) is 10.5 Å². The van der Waals surface area contributed by atoms with Gasteiger partial charge in [0.1, 0.15) is 22.1 Å². The van der Waals surface area contributed by atoms with Crippen LogP contribution < -0.4 is 10.1 Å². The molecule has 0 saturated carbocycles. The first-order chi connectivity index (χ1) is 16.2. The number of carboxylic acids is 1. The summed E-state index contributed by atoms with van der Waals surface area (Å²) in [5, 5.41) is 21.1. The molecule has 8 nitrogen and oxygen atoms in total. The maximum absolute atomic E-state index is 13.0. The number of rotatable bonds is 5. The van der Waals surface area contributed by atoms with Crippen molar-refractivity contribution >= 4 is 27.4 Å². The minimum Gasteiger partial charge on any atom is -0.507 e. The Morgan fingerprint density at radius 1 is 0.943 bits per heavy atom. The molecule has 0 atom stereocenters. The second-order valence-corrected chi connectivity index (χ2v) is 9.37. The van der Waals surface area contributed by atoms with Gasteiger partial charge in [-0.05, 0) is 73.5 Å². The van der Waals surface area contributed by atoms with Gasteiger partial charge in [0.25, 0.3) is 0 Å². The fourth-order valence-corrected chi connectivity index (χ4v) is 4.57. The number of sulfone groups is 1. The van der Waals surface area contributed by atoms with Crippen LogP contribution in [0.1, 0.15) is 16.7 Å². The van der Waals surface area contributed by atoms with E-state index in [4.69, 9.17) is 9.84 Å². The molecule has 35 heavy (non-hydrogen) atoms. The summed E-state index contributed by atoms with van der Waals surface area (Å²) < 4.78 is 70.1. The Labute approximate surface area is 197 Å². The summed E-state index contributed by atoms with van der Waals surface area (Å²) in [6, 6.07) is 9.13. The van der Waals surface area contributed by atoms with Gasteiger partial charge in [-0.25, -0.2) is 13.2 Å². The molecule has 0 aliphatic rings. The number of carboxylic acid groups (broad SMARTS) is 1. The molecule has 3 aromatic rings. The molecule has 0 radical (unpaired) electrons. The zero-order chi connectivity index (χ0) is 26.1. The number of aliphatic carboxylic acids is 1. The van der Waals surface area contributed by atoms with Gasteiger partial charge >= 0.3 is 18.1 Å². The molecule has 0 bridgehead atoms. The first-order valence-corrected chi connectivity index (χ1v) is 11.3. The number of ether oxygens (including phenoxy) is 1.